The Morgan fingerprint density at radius 3 is 2.71 bits per heavy atom. The van der Waals surface area contributed by atoms with Crippen LogP contribution >= 0.6 is 27.5 Å². The Balaban J connectivity index is 2.01. The van der Waals surface area contributed by atoms with Crippen LogP contribution in [0.1, 0.15) is 11.1 Å². The van der Waals surface area contributed by atoms with Crippen molar-refractivity contribution in [2.75, 3.05) is 11.9 Å². The van der Waals surface area contributed by atoms with E-state index in [-0.39, 0.29) is 0 Å². The quantitative estimate of drug-likeness (QED) is 0.666. The van der Waals surface area contributed by atoms with Crippen molar-refractivity contribution in [2.24, 2.45) is 0 Å². The number of hydrogen-bond acceptors (Lipinski definition) is 4. The highest BCUT2D eigenvalue weighted by molar-refractivity contribution is 9.10. The second-order valence-electron chi connectivity index (χ2n) is 4.81. The molecular formula is C14H13BrClN5. The average molecular weight is 367 g/mol. The van der Waals surface area contributed by atoms with Crippen molar-refractivity contribution in [1.82, 2.24) is 19.6 Å². The van der Waals surface area contributed by atoms with Crippen LogP contribution in [0.15, 0.2) is 35.1 Å². The Morgan fingerprint density at radius 2 is 2.00 bits per heavy atom. The second-order valence-corrected chi connectivity index (χ2v) is 6.08. The molecule has 0 N–H and O–H groups in total. The summed E-state index contributed by atoms with van der Waals surface area (Å²) in [5.74, 6) is 1.40. The zero-order valence-corrected chi connectivity index (χ0v) is 13.9. The first kappa shape index (κ1) is 14.3. The van der Waals surface area contributed by atoms with Crippen LogP contribution < -0.4 is 4.90 Å². The van der Waals surface area contributed by atoms with Gasteiger partial charge in [0.05, 0.1) is 0 Å². The summed E-state index contributed by atoms with van der Waals surface area (Å²) in [6, 6.07) is 8.22. The molecular weight excluding hydrogens is 354 g/mol. The van der Waals surface area contributed by atoms with Crippen LogP contribution in [0.2, 0.25) is 5.15 Å². The molecule has 108 valence electrons. The van der Waals surface area contributed by atoms with Gasteiger partial charge in [-0.25, -0.2) is 0 Å². The summed E-state index contributed by atoms with van der Waals surface area (Å²) >= 11 is 9.64. The lowest BCUT2D eigenvalue weighted by Crippen LogP contribution is -2.21. The molecule has 3 rings (SSSR count). The lowest BCUT2D eigenvalue weighted by atomic mass is 10.2. The fourth-order valence-electron chi connectivity index (χ4n) is 2.27. The predicted octanol–water partition coefficient (Wildman–Crippen LogP) is 3.49. The standard InChI is InChI=1S/C14H13BrClN5/c1-9-12(16)19-14-17-8-18-21(14)13(9)20(2)7-10-3-5-11(15)6-4-10/h3-6,8H,7H2,1-2H3. The van der Waals surface area contributed by atoms with Crippen LogP contribution in [-0.2, 0) is 6.54 Å². The molecule has 2 aromatic heterocycles. The first-order chi connectivity index (χ1) is 10.1. The maximum atomic E-state index is 6.19. The maximum Gasteiger partial charge on any atom is 0.255 e. The minimum absolute atomic E-state index is 0.452. The van der Waals surface area contributed by atoms with Crippen molar-refractivity contribution in [3.63, 3.8) is 0 Å². The first-order valence-corrected chi connectivity index (χ1v) is 7.55. The average Bonchev–Trinajstić information content (AvgIpc) is 2.90. The third-order valence-corrected chi connectivity index (χ3v) is 4.16. The summed E-state index contributed by atoms with van der Waals surface area (Å²) in [6.07, 6.45) is 1.48. The molecule has 0 bridgehead atoms. The molecule has 0 saturated heterocycles. The smallest absolute Gasteiger partial charge is 0.255 e. The molecule has 0 spiro atoms. The highest BCUT2D eigenvalue weighted by atomic mass is 79.9. The number of anilines is 1. The second kappa shape index (κ2) is 5.61. The number of rotatable bonds is 3. The van der Waals surface area contributed by atoms with E-state index < -0.39 is 0 Å². The number of hydrogen-bond donors (Lipinski definition) is 0. The van der Waals surface area contributed by atoms with Crippen LogP contribution in [0.5, 0.6) is 0 Å². The molecule has 2 heterocycles. The molecule has 3 aromatic rings. The van der Waals surface area contributed by atoms with Gasteiger partial charge in [-0.1, -0.05) is 39.7 Å². The van der Waals surface area contributed by atoms with Crippen LogP contribution in [0, 0.1) is 6.92 Å². The van der Waals surface area contributed by atoms with Gasteiger partial charge in [-0.2, -0.15) is 19.6 Å². The fraction of sp³-hybridized carbons (Fsp3) is 0.214. The molecule has 5 nitrogen and oxygen atoms in total. The molecule has 0 radical (unpaired) electrons. The Labute approximate surface area is 135 Å². The van der Waals surface area contributed by atoms with Crippen LogP contribution in [0.4, 0.5) is 5.82 Å². The number of fused-ring (bicyclic) bond motifs is 1. The fourth-order valence-corrected chi connectivity index (χ4v) is 2.69. The van der Waals surface area contributed by atoms with Gasteiger partial charge in [-0.3, -0.25) is 0 Å². The van der Waals surface area contributed by atoms with Gasteiger partial charge in [0.2, 0.25) is 0 Å². The Hall–Kier alpha value is -1.66. The molecule has 0 fully saturated rings. The summed E-state index contributed by atoms with van der Waals surface area (Å²) in [4.78, 5) is 10.4. The van der Waals surface area contributed by atoms with Crippen molar-refractivity contribution in [2.45, 2.75) is 13.5 Å². The van der Waals surface area contributed by atoms with Gasteiger partial charge in [-0.15, -0.1) is 0 Å². The molecule has 21 heavy (non-hydrogen) atoms. The van der Waals surface area contributed by atoms with Gasteiger partial charge in [0.25, 0.3) is 5.78 Å². The molecule has 0 saturated carbocycles. The van der Waals surface area contributed by atoms with Crippen molar-refractivity contribution >= 4 is 39.1 Å². The topological polar surface area (TPSA) is 46.3 Å². The SMILES string of the molecule is Cc1c(Cl)nc2ncnn2c1N(C)Cc1ccc(Br)cc1. The minimum atomic E-state index is 0.452. The van der Waals surface area contributed by atoms with Crippen LogP contribution in [0.25, 0.3) is 5.78 Å². The minimum Gasteiger partial charge on any atom is -0.355 e. The highest BCUT2D eigenvalue weighted by Crippen LogP contribution is 2.26. The molecule has 0 amide bonds. The summed E-state index contributed by atoms with van der Waals surface area (Å²) in [7, 11) is 2.00. The van der Waals surface area contributed by atoms with Gasteiger partial charge in [0.1, 0.15) is 17.3 Å². The first-order valence-electron chi connectivity index (χ1n) is 6.37. The Kier molecular flexibility index (Phi) is 3.82. The van der Waals surface area contributed by atoms with Crippen molar-refractivity contribution < 1.29 is 0 Å². The Bertz CT molecular complexity index is 784. The molecule has 0 aliphatic heterocycles. The highest BCUT2D eigenvalue weighted by Gasteiger charge is 2.16. The van der Waals surface area contributed by atoms with E-state index in [0.29, 0.717) is 10.9 Å². The normalized spacial score (nSPS) is 11.0. The van der Waals surface area contributed by atoms with Crippen molar-refractivity contribution in [1.29, 1.82) is 0 Å². The number of aromatic nitrogens is 4. The lowest BCUT2D eigenvalue weighted by Gasteiger charge is -2.22. The molecule has 7 heteroatoms. The number of nitrogens with zero attached hydrogens (tertiary/aromatic N) is 5. The summed E-state index contributed by atoms with van der Waals surface area (Å²) in [5, 5.41) is 4.68. The number of halogens is 2. The lowest BCUT2D eigenvalue weighted by molar-refractivity contribution is 0.823. The van der Waals surface area contributed by atoms with E-state index in [1.807, 2.05) is 26.1 Å². The van der Waals surface area contributed by atoms with E-state index in [0.717, 1.165) is 22.4 Å². The predicted molar refractivity (Wildman–Crippen MR) is 86.8 cm³/mol. The van der Waals surface area contributed by atoms with Gasteiger partial charge in [0.15, 0.2) is 0 Å². The zero-order valence-electron chi connectivity index (χ0n) is 11.6. The van der Waals surface area contributed by atoms with E-state index in [4.69, 9.17) is 11.6 Å². The summed E-state index contributed by atoms with van der Waals surface area (Å²) < 4.78 is 2.77. The van der Waals surface area contributed by atoms with Crippen molar-refractivity contribution in [3.8, 4) is 0 Å². The largest absolute Gasteiger partial charge is 0.355 e. The van der Waals surface area contributed by atoms with E-state index in [9.17, 15) is 0 Å². The van der Waals surface area contributed by atoms with E-state index in [1.165, 1.54) is 11.9 Å². The summed E-state index contributed by atoms with van der Waals surface area (Å²) in [6.45, 7) is 2.67. The molecule has 0 unspecified atom stereocenters. The number of benzene rings is 1. The van der Waals surface area contributed by atoms with Gasteiger partial charge >= 0.3 is 0 Å². The zero-order chi connectivity index (χ0) is 15.0. The molecule has 0 atom stereocenters. The van der Waals surface area contributed by atoms with Gasteiger partial charge in [0, 0.05) is 23.6 Å². The third kappa shape index (κ3) is 2.73. The maximum absolute atomic E-state index is 6.19. The van der Waals surface area contributed by atoms with Gasteiger partial charge in [-0.05, 0) is 24.6 Å². The summed E-state index contributed by atoms with van der Waals surface area (Å²) in [5.41, 5.74) is 2.08. The monoisotopic (exact) mass is 365 g/mol. The molecule has 0 aliphatic rings. The van der Waals surface area contributed by atoms with Crippen molar-refractivity contribution in [3.05, 3.63) is 51.3 Å². The van der Waals surface area contributed by atoms with E-state index >= 15 is 0 Å². The molecule has 0 aliphatic carbocycles. The Morgan fingerprint density at radius 1 is 1.29 bits per heavy atom. The van der Waals surface area contributed by atoms with Crippen LogP contribution in [0.3, 0.4) is 0 Å². The third-order valence-electron chi connectivity index (χ3n) is 3.27. The van der Waals surface area contributed by atoms with Gasteiger partial charge < -0.3 is 4.90 Å². The van der Waals surface area contributed by atoms with E-state index in [1.54, 1.807) is 4.52 Å². The molecule has 1 aromatic carbocycles. The van der Waals surface area contributed by atoms with E-state index in [2.05, 4.69) is 48.0 Å². The van der Waals surface area contributed by atoms with Crippen LogP contribution in [-0.4, -0.2) is 26.6 Å².